The molecule has 0 saturated carbocycles. The highest BCUT2D eigenvalue weighted by Gasteiger charge is 2.41. The lowest BCUT2D eigenvalue weighted by Crippen LogP contribution is -2.29. The molecule has 3 aromatic rings. The maximum atomic E-state index is 13.3. The van der Waals surface area contributed by atoms with Gasteiger partial charge in [-0.2, -0.15) is 5.10 Å². The van der Waals surface area contributed by atoms with Crippen molar-refractivity contribution in [1.29, 1.82) is 0 Å². The van der Waals surface area contributed by atoms with Gasteiger partial charge in [0.25, 0.3) is 5.91 Å². The lowest BCUT2D eigenvalue weighted by Gasteiger charge is -2.16. The highest BCUT2D eigenvalue weighted by atomic mass is 19.1. The van der Waals surface area contributed by atoms with E-state index in [-0.39, 0.29) is 29.9 Å². The van der Waals surface area contributed by atoms with Crippen LogP contribution in [0.1, 0.15) is 27.8 Å². The number of amides is 1. The predicted octanol–water partition coefficient (Wildman–Crippen LogP) is 2.69. The smallest absolute Gasteiger partial charge is 0.311 e. The van der Waals surface area contributed by atoms with Crippen LogP contribution in [0.5, 0.6) is 0 Å². The van der Waals surface area contributed by atoms with E-state index in [2.05, 4.69) is 5.10 Å². The number of furan rings is 1. The minimum atomic E-state index is -0.520. The average Bonchev–Trinajstić information content (AvgIpc) is 3.49. The van der Waals surface area contributed by atoms with Gasteiger partial charge in [0.05, 0.1) is 19.6 Å². The van der Waals surface area contributed by atoms with Crippen molar-refractivity contribution in [3.8, 4) is 0 Å². The van der Waals surface area contributed by atoms with E-state index in [1.807, 2.05) is 6.07 Å². The van der Waals surface area contributed by atoms with Gasteiger partial charge in [0.15, 0.2) is 5.76 Å². The minimum Gasteiger partial charge on any atom is -0.469 e. The van der Waals surface area contributed by atoms with Crippen LogP contribution in [0.2, 0.25) is 0 Å². The monoisotopic (exact) mass is 397 g/mol. The number of ether oxygens (including phenoxy) is 1. The fourth-order valence-electron chi connectivity index (χ4n) is 3.69. The molecule has 0 unspecified atom stereocenters. The Bertz CT molecular complexity index is 997. The van der Waals surface area contributed by atoms with E-state index >= 15 is 0 Å². The topological polar surface area (TPSA) is 77.6 Å². The van der Waals surface area contributed by atoms with E-state index in [4.69, 9.17) is 9.15 Å². The van der Waals surface area contributed by atoms with Crippen LogP contribution in [0.25, 0.3) is 0 Å². The summed E-state index contributed by atoms with van der Waals surface area (Å²) in [6.07, 6.45) is 3.47. The highest BCUT2D eigenvalue weighted by Crippen LogP contribution is 2.34. The van der Waals surface area contributed by atoms with Gasteiger partial charge in [-0.1, -0.05) is 12.1 Å². The molecule has 0 N–H and O–H groups in total. The zero-order valence-electron chi connectivity index (χ0n) is 15.8. The molecular formula is C21H20FN3O4. The number of carbonyl (C=O) groups is 2. The number of esters is 1. The second kappa shape index (κ2) is 7.90. The van der Waals surface area contributed by atoms with Gasteiger partial charge in [-0.25, -0.2) is 4.39 Å². The first-order valence-corrected chi connectivity index (χ1v) is 9.24. The van der Waals surface area contributed by atoms with Gasteiger partial charge in [0.1, 0.15) is 11.6 Å². The Hall–Kier alpha value is -3.42. The lowest BCUT2D eigenvalue weighted by atomic mass is 9.89. The van der Waals surface area contributed by atoms with Gasteiger partial charge in [-0.3, -0.25) is 14.3 Å². The van der Waals surface area contributed by atoms with Gasteiger partial charge in [0.2, 0.25) is 0 Å². The second-order valence-electron chi connectivity index (χ2n) is 6.97. The van der Waals surface area contributed by atoms with Gasteiger partial charge in [0, 0.05) is 31.4 Å². The summed E-state index contributed by atoms with van der Waals surface area (Å²) in [5.74, 6) is -1.02. The van der Waals surface area contributed by atoms with E-state index in [0.717, 1.165) is 5.56 Å². The van der Waals surface area contributed by atoms with E-state index in [1.165, 1.54) is 19.2 Å². The van der Waals surface area contributed by atoms with Gasteiger partial charge >= 0.3 is 5.97 Å². The minimum absolute atomic E-state index is 0.204. The normalized spacial score (nSPS) is 18.8. The van der Waals surface area contributed by atoms with Crippen molar-refractivity contribution in [2.24, 2.45) is 5.92 Å². The Balaban J connectivity index is 1.52. The molecule has 0 bridgehead atoms. The van der Waals surface area contributed by atoms with Gasteiger partial charge < -0.3 is 14.1 Å². The van der Waals surface area contributed by atoms with Crippen molar-refractivity contribution >= 4 is 11.9 Å². The number of benzene rings is 1. The Kier molecular flexibility index (Phi) is 5.16. The second-order valence-corrected chi connectivity index (χ2v) is 6.97. The van der Waals surface area contributed by atoms with Crippen molar-refractivity contribution in [2.45, 2.75) is 12.5 Å². The van der Waals surface area contributed by atoms with E-state index in [1.54, 1.807) is 46.2 Å². The van der Waals surface area contributed by atoms with Crippen molar-refractivity contribution in [3.05, 3.63) is 77.8 Å². The molecule has 1 aromatic carbocycles. The Morgan fingerprint density at radius 1 is 1.21 bits per heavy atom. The van der Waals surface area contributed by atoms with Crippen LogP contribution in [0.15, 0.2) is 59.3 Å². The molecule has 1 aliphatic heterocycles. The molecule has 150 valence electrons. The predicted molar refractivity (Wildman–Crippen MR) is 101 cm³/mol. The molecule has 0 aliphatic carbocycles. The number of hydrogen-bond acceptors (Lipinski definition) is 5. The molecule has 1 fully saturated rings. The summed E-state index contributed by atoms with van der Waals surface area (Å²) in [7, 11) is 1.32. The van der Waals surface area contributed by atoms with Crippen LogP contribution in [0.4, 0.5) is 4.39 Å². The number of likely N-dealkylation sites (tertiary alicyclic amines) is 1. The van der Waals surface area contributed by atoms with Crippen molar-refractivity contribution < 1.29 is 23.1 Å². The lowest BCUT2D eigenvalue weighted by molar-refractivity contribution is -0.145. The fraction of sp³-hybridized carbons (Fsp3) is 0.286. The number of carbonyl (C=O) groups excluding carboxylic acids is 2. The molecule has 8 heteroatoms. The number of halogens is 1. The van der Waals surface area contributed by atoms with E-state index in [9.17, 15) is 14.0 Å². The van der Waals surface area contributed by atoms with E-state index in [0.29, 0.717) is 18.8 Å². The first-order valence-electron chi connectivity index (χ1n) is 9.24. The van der Waals surface area contributed by atoms with Crippen LogP contribution in [0, 0.1) is 11.7 Å². The van der Waals surface area contributed by atoms with Crippen LogP contribution in [-0.4, -0.2) is 46.8 Å². The standard InChI is InChI=1S/C21H20FN3O4/c1-28-21(27)18-13-24(12-17(18)14-3-5-15(22)6-4-14)20(26)19-8-7-16(29-19)11-25-10-2-9-23-25/h2-10,17-18H,11-13H2,1H3/t17-,18+/m1/s1. The summed E-state index contributed by atoms with van der Waals surface area (Å²) in [5.41, 5.74) is 0.788. The van der Waals surface area contributed by atoms with E-state index < -0.39 is 11.9 Å². The molecule has 2 atom stereocenters. The number of hydrogen-bond donors (Lipinski definition) is 0. The van der Waals surface area contributed by atoms with Crippen LogP contribution < -0.4 is 0 Å². The zero-order chi connectivity index (χ0) is 20.4. The molecular weight excluding hydrogens is 377 g/mol. The molecule has 4 rings (SSSR count). The van der Waals surface area contributed by atoms with Gasteiger partial charge in [-0.15, -0.1) is 0 Å². The number of rotatable bonds is 5. The maximum Gasteiger partial charge on any atom is 0.311 e. The van der Waals surface area contributed by atoms with Crippen molar-refractivity contribution in [1.82, 2.24) is 14.7 Å². The van der Waals surface area contributed by atoms with Crippen LogP contribution in [0.3, 0.4) is 0 Å². The van der Waals surface area contributed by atoms with Crippen molar-refractivity contribution in [3.63, 3.8) is 0 Å². The zero-order valence-corrected chi connectivity index (χ0v) is 15.8. The molecule has 1 amide bonds. The third-order valence-electron chi connectivity index (χ3n) is 5.16. The summed E-state index contributed by atoms with van der Waals surface area (Å²) in [6, 6.07) is 11.1. The molecule has 1 saturated heterocycles. The summed E-state index contributed by atoms with van der Waals surface area (Å²) in [6.45, 7) is 0.950. The van der Waals surface area contributed by atoms with Crippen LogP contribution >= 0.6 is 0 Å². The fourth-order valence-corrected chi connectivity index (χ4v) is 3.69. The molecule has 1 aliphatic rings. The van der Waals surface area contributed by atoms with Crippen molar-refractivity contribution in [2.75, 3.05) is 20.2 Å². The summed E-state index contributed by atoms with van der Waals surface area (Å²) >= 11 is 0. The molecule has 0 radical (unpaired) electrons. The molecule has 3 heterocycles. The average molecular weight is 397 g/mol. The number of nitrogens with zero attached hydrogens (tertiary/aromatic N) is 3. The Morgan fingerprint density at radius 3 is 2.69 bits per heavy atom. The first kappa shape index (κ1) is 18.9. The molecule has 0 spiro atoms. The maximum absolute atomic E-state index is 13.3. The highest BCUT2D eigenvalue weighted by molar-refractivity contribution is 5.92. The third kappa shape index (κ3) is 3.91. The molecule has 7 nitrogen and oxygen atoms in total. The van der Waals surface area contributed by atoms with Crippen LogP contribution in [-0.2, 0) is 16.1 Å². The summed E-state index contributed by atoms with van der Waals surface area (Å²) < 4.78 is 25.6. The number of aromatic nitrogens is 2. The Morgan fingerprint density at radius 2 is 2.00 bits per heavy atom. The van der Waals surface area contributed by atoms with Gasteiger partial charge in [-0.05, 0) is 35.9 Å². The quantitative estimate of drug-likeness (QED) is 0.619. The first-order chi connectivity index (χ1) is 14.0. The molecule has 2 aromatic heterocycles. The summed E-state index contributed by atoms with van der Waals surface area (Å²) in [5, 5.41) is 4.11. The SMILES string of the molecule is COC(=O)[C@H]1CN(C(=O)c2ccc(Cn3cccn3)o2)C[C@@H]1c1ccc(F)cc1. The summed E-state index contributed by atoms with van der Waals surface area (Å²) in [4.78, 5) is 26.8. The number of methoxy groups -OCH3 is 1. The Labute approximate surface area is 166 Å². The molecule has 29 heavy (non-hydrogen) atoms. The largest absolute Gasteiger partial charge is 0.469 e. The third-order valence-corrected chi connectivity index (χ3v) is 5.16.